The minimum atomic E-state index is -0.727. The molecule has 0 saturated heterocycles. The van der Waals surface area contributed by atoms with Crippen molar-refractivity contribution in [3.63, 3.8) is 0 Å². The molecule has 4 bridgehead atoms. The van der Waals surface area contributed by atoms with E-state index in [1.807, 2.05) is 12.1 Å². The van der Waals surface area contributed by atoms with Crippen molar-refractivity contribution in [3.8, 4) is 67.5 Å². The van der Waals surface area contributed by atoms with E-state index in [0.717, 1.165) is 75.8 Å². The molecule has 1 spiro atoms. The van der Waals surface area contributed by atoms with Gasteiger partial charge in [-0.3, -0.25) is 0 Å². The van der Waals surface area contributed by atoms with Crippen LogP contribution in [0.5, 0.6) is 0 Å². The molecule has 3 heteroatoms. The molecule has 0 aliphatic heterocycles. The van der Waals surface area contributed by atoms with E-state index in [0.29, 0.717) is 29.3 Å². The molecule has 7 aromatic rings. The Morgan fingerprint density at radius 3 is 1.33 bits per heavy atom. The third kappa shape index (κ3) is 4.61. The third-order valence-corrected chi connectivity index (χ3v) is 12.3. The summed E-state index contributed by atoms with van der Waals surface area (Å²) in [6, 6.07) is 53.0. The zero-order valence-corrected chi connectivity index (χ0v) is 29.0. The molecule has 0 atom stereocenters. The molecule has 4 fully saturated rings. The van der Waals surface area contributed by atoms with Crippen molar-refractivity contribution in [2.75, 3.05) is 0 Å². The summed E-state index contributed by atoms with van der Waals surface area (Å²) in [6.45, 7) is 0. The number of hydrogen-bond acceptors (Lipinski definition) is 3. The van der Waals surface area contributed by atoms with E-state index in [4.69, 9.17) is 15.0 Å². The Labute approximate surface area is 308 Å². The largest absolute Gasteiger partial charge is 0.208 e. The molecule has 0 radical (unpaired) electrons. The Kier molecular flexibility index (Phi) is 6.28. The highest BCUT2D eigenvalue weighted by atomic mass is 15.0. The molecule has 1 heterocycles. The molecule has 1 aromatic heterocycles. The van der Waals surface area contributed by atoms with Gasteiger partial charge < -0.3 is 0 Å². The fourth-order valence-corrected chi connectivity index (χ4v) is 10.2. The summed E-state index contributed by atoms with van der Waals surface area (Å²) in [4.78, 5) is 15.5. The number of hydrogen-bond donors (Lipinski definition) is 0. The standard InChI is InChI=1S/C49H39N3/c1-3-9-33(10-4-1)35-15-19-37(20-16-35)46-50-47(38-21-17-36(18-22-38)34-11-5-2-6-12-34)52-48(51-46)39-23-24-43-42-13-7-8-14-44(42)49(45(43)30-39)40-26-31-25-32(28-40)29-41(49)27-31/h1-24,30-32,40-41H,25-29H2/i40D,41D. The van der Waals surface area contributed by atoms with Crippen LogP contribution in [0.4, 0.5) is 0 Å². The summed E-state index contributed by atoms with van der Waals surface area (Å²) in [5.41, 5.74) is 11.3. The maximum atomic E-state index is 10.3. The van der Waals surface area contributed by atoms with E-state index < -0.39 is 17.2 Å². The van der Waals surface area contributed by atoms with E-state index in [1.54, 1.807) is 0 Å². The van der Waals surface area contributed by atoms with Crippen molar-refractivity contribution in [1.82, 2.24) is 15.0 Å². The molecule has 4 saturated carbocycles. The lowest BCUT2D eigenvalue weighted by molar-refractivity contribution is -0.0399. The van der Waals surface area contributed by atoms with Gasteiger partial charge in [-0.1, -0.05) is 146 Å². The third-order valence-electron chi connectivity index (χ3n) is 12.3. The van der Waals surface area contributed by atoms with Gasteiger partial charge in [0.25, 0.3) is 0 Å². The van der Waals surface area contributed by atoms with Gasteiger partial charge in [-0.25, -0.2) is 15.0 Å². The Hall–Kier alpha value is -5.67. The van der Waals surface area contributed by atoms with Gasteiger partial charge in [0.1, 0.15) is 0 Å². The predicted octanol–water partition coefficient (Wildman–Crippen LogP) is 11.9. The first-order chi connectivity index (χ1) is 26.4. The molecule has 12 rings (SSSR count). The molecule has 0 unspecified atom stereocenters. The van der Waals surface area contributed by atoms with Crippen LogP contribution >= 0.6 is 0 Å². The Morgan fingerprint density at radius 1 is 0.385 bits per heavy atom. The Balaban J connectivity index is 1.08. The van der Waals surface area contributed by atoms with Gasteiger partial charge in [0.15, 0.2) is 17.5 Å². The summed E-state index contributed by atoms with van der Waals surface area (Å²) in [7, 11) is 0. The second-order valence-corrected chi connectivity index (χ2v) is 15.2. The van der Waals surface area contributed by atoms with Gasteiger partial charge in [0.05, 0.1) is 0 Å². The number of rotatable bonds is 5. The van der Waals surface area contributed by atoms with Crippen LogP contribution in [0.2, 0.25) is 0 Å². The lowest BCUT2D eigenvalue weighted by Crippen LogP contribution is -2.55. The van der Waals surface area contributed by atoms with Gasteiger partial charge in [-0.15, -0.1) is 0 Å². The van der Waals surface area contributed by atoms with E-state index in [-0.39, 0.29) is 0 Å². The lowest BCUT2D eigenvalue weighted by Gasteiger charge is -2.61. The smallest absolute Gasteiger partial charge is 0.164 e. The highest BCUT2D eigenvalue weighted by Gasteiger charge is 2.61. The number of fused-ring (bicyclic) bond motifs is 3. The molecular formula is C49H39N3. The van der Waals surface area contributed by atoms with Gasteiger partial charge >= 0.3 is 0 Å². The quantitative estimate of drug-likeness (QED) is 0.183. The average molecular weight is 672 g/mol. The maximum Gasteiger partial charge on any atom is 0.164 e. The molecule has 0 amide bonds. The normalized spacial score (nSPS) is 26.8. The zero-order valence-electron chi connectivity index (χ0n) is 31.0. The fourth-order valence-electron chi connectivity index (χ4n) is 10.2. The SMILES string of the molecule is [2H]C12CC3CC(C1)CC([2H])(C3)C21c2ccccc2-c2ccc(-c3nc(-c4ccc(-c5ccccc5)cc4)nc(-c4ccc(-c5ccccc5)cc4)n3)cc21. The topological polar surface area (TPSA) is 38.7 Å². The molecule has 52 heavy (non-hydrogen) atoms. The van der Waals surface area contributed by atoms with Gasteiger partial charge in [0, 0.05) is 24.8 Å². The zero-order chi connectivity index (χ0) is 36.1. The van der Waals surface area contributed by atoms with Crippen LogP contribution in [0.1, 0.15) is 46.0 Å². The second-order valence-electron chi connectivity index (χ2n) is 15.2. The number of nitrogens with zero attached hydrogens (tertiary/aromatic N) is 3. The summed E-state index contributed by atoms with van der Waals surface area (Å²) >= 11 is 0. The second kappa shape index (κ2) is 11.7. The van der Waals surface area contributed by atoms with Crippen molar-refractivity contribution in [2.24, 2.45) is 23.6 Å². The minimum absolute atomic E-state index is 0.465. The predicted molar refractivity (Wildman–Crippen MR) is 210 cm³/mol. The summed E-state index contributed by atoms with van der Waals surface area (Å²) < 4.78 is 20.6. The lowest BCUT2D eigenvalue weighted by atomic mass is 9.43. The highest BCUT2D eigenvalue weighted by Crippen LogP contribution is 2.69. The van der Waals surface area contributed by atoms with Crippen LogP contribution in [-0.4, -0.2) is 15.0 Å². The average Bonchev–Trinajstić information content (AvgIpc) is 3.52. The molecule has 3 nitrogen and oxygen atoms in total. The van der Waals surface area contributed by atoms with Crippen LogP contribution in [0.15, 0.2) is 152 Å². The van der Waals surface area contributed by atoms with Gasteiger partial charge in [-0.2, -0.15) is 0 Å². The van der Waals surface area contributed by atoms with E-state index >= 15 is 0 Å². The summed E-state index contributed by atoms with van der Waals surface area (Å²) in [5, 5.41) is 0. The van der Waals surface area contributed by atoms with E-state index in [1.165, 1.54) is 17.5 Å². The number of aromatic nitrogens is 3. The monoisotopic (exact) mass is 671 g/mol. The first-order valence-electron chi connectivity index (χ1n) is 19.7. The molecule has 0 N–H and O–H groups in total. The van der Waals surface area contributed by atoms with Crippen LogP contribution in [0.25, 0.3) is 67.5 Å². The first kappa shape index (κ1) is 28.0. The van der Waals surface area contributed by atoms with Crippen molar-refractivity contribution in [3.05, 3.63) is 163 Å². The van der Waals surface area contributed by atoms with Crippen molar-refractivity contribution in [2.45, 2.75) is 37.5 Å². The maximum absolute atomic E-state index is 10.3. The first-order valence-corrected chi connectivity index (χ1v) is 18.7. The molecule has 5 aliphatic carbocycles. The van der Waals surface area contributed by atoms with Crippen LogP contribution in [0.3, 0.4) is 0 Å². The summed E-state index contributed by atoms with van der Waals surface area (Å²) in [5.74, 6) is 1.31. The van der Waals surface area contributed by atoms with Crippen molar-refractivity contribution >= 4 is 0 Å². The van der Waals surface area contributed by atoms with Crippen LogP contribution in [-0.2, 0) is 5.41 Å². The van der Waals surface area contributed by atoms with E-state index in [9.17, 15) is 2.74 Å². The van der Waals surface area contributed by atoms with Crippen LogP contribution in [0, 0.1) is 23.6 Å². The van der Waals surface area contributed by atoms with Crippen molar-refractivity contribution in [1.29, 1.82) is 0 Å². The highest BCUT2D eigenvalue weighted by molar-refractivity contribution is 5.84. The molecule has 5 aliphatic rings. The van der Waals surface area contributed by atoms with Crippen molar-refractivity contribution < 1.29 is 2.74 Å². The van der Waals surface area contributed by atoms with Crippen LogP contribution < -0.4 is 0 Å². The minimum Gasteiger partial charge on any atom is -0.208 e. The number of benzene rings is 6. The fraction of sp³-hybridized carbons (Fsp3) is 0.204. The van der Waals surface area contributed by atoms with Gasteiger partial charge in [0.2, 0.25) is 0 Å². The van der Waals surface area contributed by atoms with Gasteiger partial charge in [-0.05, 0) is 106 Å². The Morgan fingerprint density at radius 2 is 0.788 bits per heavy atom. The summed E-state index contributed by atoms with van der Waals surface area (Å²) in [6.07, 6.45) is 4.63. The molecule has 250 valence electrons. The molecular weight excluding hydrogens is 631 g/mol. The molecule has 6 aromatic carbocycles. The van der Waals surface area contributed by atoms with E-state index in [2.05, 4.69) is 140 Å². The Bertz CT molecular complexity index is 2430.